The molecular formula is C12H8F3O5S-. The number of aryl methyl sites for hydroxylation is 1. The van der Waals surface area contributed by atoms with Crippen molar-refractivity contribution in [2.45, 2.75) is 18.3 Å². The highest BCUT2D eigenvalue weighted by Gasteiger charge is 2.48. The zero-order valence-corrected chi connectivity index (χ0v) is 11.1. The molecule has 0 amide bonds. The maximum absolute atomic E-state index is 12.2. The van der Waals surface area contributed by atoms with Crippen molar-refractivity contribution >= 4 is 22.2 Å². The number of hydrogen-bond donors (Lipinski definition) is 0. The summed E-state index contributed by atoms with van der Waals surface area (Å²) in [7, 11) is -5.72. The number of benzene rings is 1. The van der Waals surface area contributed by atoms with Gasteiger partial charge in [-0.25, -0.2) is 0 Å². The van der Waals surface area contributed by atoms with Gasteiger partial charge in [0.15, 0.2) is 0 Å². The summed E-state index contributed by atoms with van der Waals surface area (Å²) in [5.41, 5.74) is -4.71. The van der Waals surface area contributed by atoms with Crippen molar-refractivity contribution in [3.63, 3.8) is 0 Å². The smallest absolute Gasteiger partial charge is 0.534 e. The summed E-state index contributed by atoms with van der Waals surface area (Å²) >= 11 is 0. The van der Waals surface area contributed by atoms with Gasteiger partial charge in [-0.3, -0.25) is 0 Å². The van der Waals surface area contributed by atoms with Gasteiger partial charge in [0.05, 0.1) is 5.97 Å². The molecule has 0 N–H and O–H groups in total. The van der Waals surface area contributed by atoms with Crippen LogP contribution in [0.5, 0.6) is 0 Å². The Bertz CT molecular complexity index is 719. The Morgan fingerprint density at radius 2 is 1.90 bits per heavy atom. The monoisotopic (exact) mass is 321 g/mol. The largest absolute Gasteiger partial charge is 0.545 e. The van der Waals surface area contributed by atoms with Crippen LogP contribution in [0.3, 0.4) is 0 Å². The van der Waals surface area contributed by atoms with E-state index in [2.05, 4.69) is 4.18 Å². The lowest BCUT2D eigenvalue weighted by Gasteiger charge is -2.18. The molecule has 0 saturated carbocycles. The summed E-state index contributed by atoms with van der Waals surface area (Å²) in [6.45, 7) is 0. The van der Waals surface area contributed by atoms with E-state index < -0.39 is 27.4 Å². The number of carbonyl (C=O) groups is 1. The fourth-order valence-electron chi connectivity index (χ4n) is 1.84. The van der Waals surface area contributed by atoms with Crippen LogP contribution in [-0.2, 0) is 20.7 Å². The van der Waals surface area contributed by atoms with Gasteiger partial charge in [0.2, 0.25) is 0 Å². The fraction of sp³-hybridized carbons (Fsp3) is 0.250. The third-order valence-corrected chi connectivity index (χ3v) is 3.84. The highest BCUT2D eigenvalue weighted by molar-refractivity contribution is 7.87. The predicted molar refractivity (Wildman–Crippen MR) is 63.1 cm³/mol. The van der Waals surface area contributed by atoms with Gasteiger partial charge in [0, 0.05) is 6.42 Å². The van der Waals surface area contributed by atoms with Crippen molar-refractivity contribution in [2.24, 2.45) is 0 Å². The van der Waals surface area contributed by atoms with Crippen LogP contribution in [0, 0.1) is 0 Å². The first-order valence-corrected chi connectivity index (χ1v) is 7.06. The van der Waals surface area contributed by atoms with E-state index in [1.165, 1.54) is 18.2 Å². The van der Waals surface area contributed by atoms with Crippen molar-refractivity contribution in [3.8, 4) is 0 Å². The minimum absolute atomic E-state index is 0.0347. The Kier molecular flexibility index (Phi) is 3.70. The molecule has 21 heavy (non-hydrogen) atoms. The van der Waals surface area contributed by atoms with Crippen LogP contribution in [0.25, 0.3) is 6.08 Å². The van der Waals surface area contributed by atoms with Gasteiger partial charge >= 0.3 is 15.6 Å². The van der Waals surface area contributed by atoms with E-state index in [1.807, 2.05) is 0 Å². The van der Waals surface area contributed by atoms with Crippen LogP contribution in [0.2, 0.25) is 0 Å². The number of carboxylic acids is 1. The molecule has 0 atom stereocenters. The van der Waals surface area contributed by atoms with Gasteiger partial charge in [0.1, 0.15) is 5.76 Å². The first-order valence-electron chi connectivity index (χ1n) is 5.66. The molecular weight excluding hydrogens is 313 g/mol. The lowest BCUT2D eigenvalue weighted by atomic mass is 9.94. The van der Waals surface area contributed by atoms with Crippen LogP contribution >= 0.6 is 0 Å². The molecule has 0 aliphatic heterocycles. The van der Waals surface area contributed by atoms with Crippen molar-refractivity contribution in [2.75, 3.05) is 0 Å². The summed E-state index contributed by atoms with van der Waals surface area (Å²) in [5.74, 6) is -1.84. The fourth-order valence-corrected chi connectivity index (χ4v) is 2.35. The Balaban J connectivity index is 2.34. The lowest BCUT2D eigenvalue weighted by Crippen LogP contribution is -2.26. The molecule has 1 aliphatic carbocycles. The van der Waals surface area contributed by atoms with Gasteiger partial charge < -0.3 is 14.1 Å². The number of carboxylic acid groups (broad SMARTS) is 1. The first kappa shape index (κ1) is 15.4. The Labute approximate surface area is 117 Å². The minimum Gasteiger partial charge on any atom is -0.545 e. The maximum atomic E-state index is 12.2. The average Bonchev–Trinajstić information content (AvgIpc) is 2.36. The van der Waals surface area contributed by atoms with Crippen molar-refractivity contribution < 1.29 is 35.7 Å². The van der Waals surface area contributed by atoms with Crippen LogP contribution < -0.4 is 5.11 Å². The molecule has 0 heterocycles. The molecule has 0 spiro atoms. The summed E-state index contributed by atoms with van der Waals surface area (Å²) < 4.78 is 62.6. The number of fused-ring (bicyclic) bond motifs is 1. The van der Waals surface area contributed by atoms with Crippen LogP contribution in [-0.4, -0.2) is 19.9 Å². The number of halogens is 3. The van der Waals surface area contributed by atoms with E-state index in [4.69, 9.17) is 0 Å². The number of hydrogen-bond acceptors (Lipinski definition) is 5. The molecule has 0 fully saturated rings. The zero-order valence-electron chi connectivity index (χ0n) is 10.3. The van der Waals surface area contributed by atoms with Gasteiger partial charge in [-0.15, -0.1) is 0 Å². The molecule has 1 aromatic rings. The number of alkyl halides is 3. The highest BCUT2D eigenvalue weighted by Crippen LogP contribution is 2.31. The highest BCUT2D eigenvalue weighted by atomic mass is 32.2. The van der Waals surface area contributed by atoms with Gasteiger partial charge in [-0.05, 0) is 35.3 Å². The molecule has 1 aliphatic rings. The van der Waals surface area contributed by atoms with Crippen LogP contribution in [0.4, 0.5) is 13.2 Å². The summed E-state index contributed by atoms with van der Waals surface area (Å²) in [4.78, 5) is 10.7. The van der Waals surface area contributed by atoms with E-state index in [0.29, 0.717) is 5.56 Å². The number of aromatic carboxylic acids is 1. The summed E-state index contributed by atoms with van der Waals surface area (Å²) in [6, 6.07) is 3.99. The van der Waals surface area contributed by atoms with Crippen molar-refractivity contribution in [1.82, 2.24) is 0 Å². The number of carbonyl (C=O) groups excluding carboxylic acids is 1. The Hall–Kier alpha value is -2.03. The Morgan fingerprint density at radius 3 is 2.48 bits per heavy atom. The normalized spacial score (nSPS) is 15.1. The van der Waals surface area contributed by atoms with E-state index in [0.717, 1.165) is 6.08 Å². The average molecular weight is 321 g/mol. The van der Waals surface area contributed by atoms with Crippen molar-refractivity contribution in [3.05, 3.63) is 40.6 Å². The SMILES string of the molecule is O=C([O-])c1ccc2c(c1)C=C(OS(=O)(=O)C(F)(F)F)CC2. The maximum Gasteiger partial charge on any atom is 0.534 e. The molecule has 0 unspecified atom stereocenters. The number of rotatable bonds is 3. The third-order valence-electron chi connectivity index (χ3n) is 2.84. The second-order valence-corrected chi connectivity index (χ2v) is 5.83. The first-order chi connectivity index (χ1) is 9.60. The van der Waals surface area contributed by atoms with E-state index in [-0.39, 0.29) is 24.0 Å². The van der Waals surface area contributed by atoms with E-state index >= 15 is 0 Å². The number of allylic oxidation sites excluding steroid dienone is 1. The topological polar surface area (TPSA) is 83.5 Å². The van der Waals surface area contributed by atoms with Crippen LogP contribution in [0.1, 0.15) is 27.9 Å². The molecule has 9 heteroatoms. The van der Waals surface area contributed by atoms with Gasteiger partial charge in [0.25, 0.3) is 0 Å². The lowest BCUT2D eigenvalue weighted by molar-refractivity contribution is -0.255. The van der Waals surface area contributed by atoms with Gasteiger partial charge in [-0.1, -0.05) is 12.1 Å². The molecule has 0 saturated heterocycles. The van der Waals surface area contributed by atoms with Crippen molar-refractivity contribution in [1.29, 1.82) is 0 Å². The van der Waals surface area contributed by atoms with Crippen LogP contribution in [0.15, 0.2) is 24.0 Å². The second-order valence-electron chi connectivity index (χ2n) is 4.29. The minimum atomic E-state index is -5.72. The van der Waals surface area contributed by atoms with E-state index in [1.54, 1.807) is 0 Å². The van der Waals surface area contributed by atoms with E-state index in [9.17, 15) is 31.5 Å². The zero-order chi connectivity index (χ0) is 15.8. The summed E-state index contributed by atoms with van der Waals surface area (Å²) in [5, 5.41) is 10.7. The molecule has 0 aromatic heterocycles. The standard InChI is InChI=1S/C12H9F3O5S/c13-12(14,15)21(18,19)20-10-4-3-7-1-2-8(11(16)17)5-9(7)6-10/h1-2,5-6H,3-4H2,(H,16,17)/p-1. The molecule has 0 bridgehead atoms. The Morgan fingerprint density at radius 1 is 1.24 bits per heavy atom. The second kappa shape index (κ2) is 5.06. The summed E-state index contributed by atoms with van der Waals surface area (Å²) in [6.07, 6.45) is 1.28. The predicted octanol–water partition coefficient (Wildman–Crippen LogP) is 1.20. The van der Waals surface area contributed by atoms with Gasteiger partial charge in [-0.2, -0.15) is 21.6 Å². The molecule has 5 nitrogen and oxygen atoms in total. The quantitative estimate of drug-likeness (QED) is 0.617. The molecule has 0 radical (unpaired) electrons. The molecule has 2 rings (SSSR count). The third kappa shape index (κ3) is 3.18. The molecule has 1 aromatic carbocycles. The molecule has 114 valence electrons.